The first-order valence-corrected chi connectivity index (χ1v) is 6.09. The van der Waals surface area contributed by atoms with Crippen LogP contribution in [0.1, 0.15) is 5.56 Å². The monoisotopic (exact) mass is 379 g/mol. The van der Waals surface area contributed by atoms with Gasteiger partial charge in [-0.25, -0.2) is 4.39 Å². The van der Waals surface area contributed by atoms with E-state index in [9.17, 15) is 43.9 Å². The number of halogens is 11. The molecule has 12 heteroatoms. The van der Waals surface area contributed by atoms with Gasteiger partial charge >= 0.3 is 23.5 Å². The maximum absolute atomic E-state index is 13.7. The standard InChI is InChI=1S/C10H2ClF10S/c11-5-1-4(2-6(3-5)22-10(19,20)21)7(12,8(13,14)15)9(16,17)18/h1-2H. The van der Waals surface area contributed by atoms with E-state index in [0.29, 0.717) is 0 Å². The molecule has 0 aliphatic heterocycles. The lowest BCUT2D eigenvalue weighted by Gasteiger charge is -2.30. The van der Waals surface area contributed by atoms with E-state index >= 15 is 0 Å². The highest BCUT2D eigenvalue weighted by Gasteiger charge is 2.73. The van der Waals surface area contributed by atoms with Crippen molar-refractivity contribution in [2.24, 2.45) is 0 Å². The van der Waals surface area contributed by atoms with E-state index in [1.54, 1.807) is 6.07 Å². The lowest BCUT2D eigenvalue weighted by Crippen LogP contribution is -2.50. The van der Waals surface area contributed by atoms with Gasteiger partial charge in [0.1, 0.15) is 0 Å². The molecule has 1 aromatic rings. The van der Waals surface area contributed by atoms with Crippen LogP contribution in [-0.4, -0.2) is 17.9 Å². The second-order valence-electron chi connectivity index (χ2n) is 3.78. The Morgan fingerprint density at radius 1 is 0.818 bits per heavy atom. The Hall–Kier alpha value is -0.840. The van der Waals surface area contributed by atoms with Gasteiger partial charge in [0.05, 0.1) is 5.02 Å². The van der Waals surface area contributed by atoms with E-state index < -0.39 is 50.8 Å². The summed E-state index contributed by atoms with van der Waals surface area (Å²) in [4.78, 5) is -1.23. The van der Waals surface area contributed by atoms with Gasteiger partial charge in [-0.2, -0.15) is 39.5 Å². The number of rotatable bonds is 2. The zero-order valence-corrected chi connectivity index (χ0v) is 11.3. The number of thioether (sulfide) groups is 1. The largest absolute Gasteiger partial charge is 0.446 e. The van der Waals surface area contributed by atoms with Gasteiger partial charge in [-0.15, -0.1) is 0 Å². The minimum atomic E-state index is -6.45. The highest BCUT2D eigenvalue weighted by molar-refractivity contribution is 8.00. The number of benzene rings is 1. The predicted molar refractivity (Wildman–Crippen MR) is 57.1 cm³/mol. The van der Waals surface area contributed by atoms with E-state index in [1.807, 2.05) is 0 Å². The first-order valence-electron chi connectivity index (χ1n) is 4.89. The molecule has 0 aliphatic carbocycles. The molecule has 0 nitrogen and oxygen atoms in total. The van der Waals surface area contributed by atoms with Gasteiger partial charge in [0, 0.05) is 16.5 Å². The lowest BCUT2D eigenvalue weighted by molar-refractivity contribution is -0.348. The normalized spacial score (nSPS) is 14.3. The van der Waals surface area contributed by atoms with Crippen LogP contribution < -0.4 is 0 Å². The molecule has 0 atom stereocenters. The first-order chi connectivity index (χ1) is 9.58. The Morgan fingerprint density at radius 2 is 1.27 bits per heavy atom. The zero-order chi connectivity index (χ0) is 17.6. The maximum Gasteiger partial charge on any atom is 0.446 e. The smallest absolute Gasteiger partial charge is 0.218 e. The average Bonchev–Trinajstić information content (AvgIpc) is 2.21. The second-order valence-corrected chi connectivity index (χ2v) is 5.30. The van der Waals surface area contributed by atoms with Crippen LogP contribution >= 0.6 is 23.4 Å². The van der Waals surface area contributed by atoms with Crippen LogP contribution in [0.25, 0.3) is 0 Å². The SMILES string of the molecule is FC(F)(F)Sc1[c]c(Cl)cc(C(F)(C(F)(F)F)C(F)(F)F)c1. The Kier molecular flexibility index (Phi) is 4.94. The van der Waals surface area contributed by atoms with E-state index in [1.165, 1.54) is 0 Å². The molecule has 0 saturated heterocycles. The molecule has 0 unspecified atom stereocenters. The molecule has 0 aliphatic rings. The fourth-order valence-corrected chi connectivity index (χ4v) is 2.25. The summed E-state index contributed by atoms with van der Waals surface area (Å²) in [6.45, 7) is 0. The molecule has 0 amide bonds. The van der Waals surface area contributed by atoms with E-state index in [4.69, 9.17) is 11.6 Å². The molecule has 1 radical (unpaired) electrons. The minimum Gasteiger partial charge on any atom is -0.218 e. The van der Waals surface area contributed by atoms with Crippen molar-refractivity contribution in [3.63, 3.8) is 0 Å². The van der Waals surface area contributed by atoms with Crippen molar-refractivity contribution in [1.82, 2.24) is 0 Å². The van der Waals surface area contributed by atoms with Crippen LogP contribution in [0.3, 0.4) is 0 Å². The molecule has 1 rings (SSSR count). The van der Waals surface area contributed by atoms with Gasteiger partial charge in [0.2, 0.25) is 0 Å². The molecule has 0 N–H and O–H groups in total. The van der Waals surface area contributed by atoms with Crippen molar-refractivity contribution >= 4 is 23.4 Å². The molecular formula is C10H2ClF10S. The van der Waals surface area contributed by atoms with Crippen LogP contribution in [0.2, 0.25) is 5.02 Å². The van der Waals surface area contributed by atoms with Crippen molar-refractivity contribution < 1.29 is 43.9 Å². The number of hydrogen-bond donors (Lipinski definition) is 0. The van der Waals surface area contributed by atoms with Gasteiger partial charge in [0.25, 0.3) is 0 Å². The summed E-state index contributed by atoms with van der Waals surface area (Å²) in [7, 11) is 0. The third-order valence-electron chi connectivity index (χ3n) is 2.22. The fourth-order valence-electron chi connectivity index (χ4n) is 1.38. The van der Waals surface area contributed by atoms with Gasteiger partial charge in [0.15, 0.2) is 0 Å². The topological polar surface area (TPSA) is 0 Å². The predicted octanol–water partition coefficient (Wildman–Crippen LogP) is 6.04. The summed E-state index contributed by atoms with van der Waals surface area (Å²) in [6.07, 6.45) is -12.9. The van der Waals surface area contributed by atoms with Crippen LogP contribution in [0.4, 0.5) is 43.9 Å². The molecule has 125 valence electrons. The van der Waals surface area contributed by atoms with Crippen molar-refractivity contribution in [3.8, 4) is 0 Å². The van der Waals surface area contributed by atoms with Crippen LogP contribution in [0.15, 0.2) is 17.0 Å². The molecule has 0 saturated carbocycles. The first kappa shape index (κ1) is 19.2. The van der Waals surface area contributed by atoms with Crippen molar-refractivity contribution in [2.45, 2.75) is 28.4 Å². The quantitative estimate of drug-likeness (QED) is 0.446. The third-order valence-corrected chi connectivity index (χ3v) is 3.09. The van der Waals surface area contributed by atoms with Crippen molar-refractivity contribution in [3.05, 3.63) is 28.8 Å². The average molecular weight is 380 g/mol. The summed E-state index contributed by atoms with van der Waals surface area (Å²) >= 11 is 4.07. The second kappa shape index (κ2) is 5.66. The highest BCUT2D eigenvalue weighted by Crippen LogP contribution is 2.54. The molecule has 0 aromatic heterocycles. The van der Waals surface area contributed by atoms with Gasteiger partial charge in [-0.05, 0) is 23.9 Å². The third kappa shape index (κ3) is 3.92. The maximum atomic E-state index is 13.7. The summed E-state index contributed by atoms with van der Waals surface area (Å²) in [5.74, 6) is 0. The Bertz CT molecular complexity index is 530. The Balaban J connectivity index is 3.52. The Morgan fingerprint density at radius 3 is 1.64 bits per heavy atom. The molecule has 0 spiro atoms. The Labute approximate surface area is 125 Å². The summed E-state index contributed by atoms with van der Waals surface area (Å²) < 4.78 is 125. The van der Waals surface area contributed by atoms with Crippen LogP contribution in [-0.2, 0) is 5.67 Å². The zero-order valence-electron chi connectivity index (χ0n) is 9.72. The van der Waals surface area contributed by atoms with Gasteiger partial charge < -0.3 is 0 Å². The summed E-state index contributed by atoms with van der Waals surface area (Å²) in [6, 6.07) is 1.36. The van der Waals surface area contributed by atoms with Crippen molar-refractivity contribution in [1.29, 1.82) is 0 Å². The molecule has 0 fully saturated rings. The van der Waals surface area contributed by atoms with Gasteiger partial charge in [-0.3, -0.25) is 0 Å². The summed E-state index contributed by atoms with van der Waals surface area (Å²) in [5, 5.41) is -1.03. The molecule has 0 bridgehead atoms. The van der Waals surface area contributed by atoms with E-state index in [-0.39, 0.29) is 12.1 Å². The van der Waals surface area contributed by atoms with E-state index in [2.05, 4.69) is 0 Å². The highest BCUT2D eigenvalue weighted by atomic mass is 35.5. The molecule has 22 heavy (non-hydrogen) atoms. The number of alkyl halides is 10. The number of hydrogen-bond acceptors (Lipinski definition) is 1. The minimum absolute atomic E-state index is 0.0804. The van der Waals surface area contributed by atoms with Crippen LogP contribution in [0.5, 0.6) is 0 Å². The molecular weight excluding hydrogens is 378 g/mol. The molecule has 1 aromatic carbocycles. The van der Waals surface area contributed by atoms with E-state index in [0.717, 1.165) is 0 Å². The summed E-state index contributed by atoms with van der Waals surface area (Å²) in [5.41, 5.74) is -13.0. The van der Waals surface area contributed by atoms with Crippen LogP contribution in [0, 0.1) is 6.07 Å². The molecule has 0 heterocycles. The van der Waals surface area contributed by atoms with Crippen molar-refractivity contribution in [2.75, 3.05) is 0 Å². The lowest BCUT2D eigenvalue weighted by atomic mass is 9.94. The van der Waals surface area contributed by atoms with Gasteiger partial charge in [-0.1, -0.05) is 11.6 Å². The fraction of sp³-hybridized carbons (Fsp3) is 0.400.